The summed E-state index contributed by atoms with van der Waals surface area (Å²) in [7, 11) is 1.68. The molecule has 2 heterocycles. The monoisotopic (exact) mass is 464 g/mol. The summed E-state index contributed by atoms with van der Waals surface area (Å²) in [5, 5.41) is 19.9. The molecule has 7 heteroatoms. The average Bonchev–Trinajstić information content (AvgIpc) is 3.36. The van der Waals surface area contributed by atoms with E-state index in [2.05, 4.69) is 27.3 Å². The van der Waals surface area contributed by atoms with Gasteiger partial charge in [0.05, 0.1) is 25.5 Å². The Kier molecular flexibility index (Phi) is 6.92. The van der Waals surface area contributed by atoms with Crippen molar-refractivity contribution >= 4 is 0 Å². The molecule has 0 amide bonds. The third-order valence-corrected chi connectivity index (χ3v) is 7.48. The predicted octanol–water partition coefficient (Wildman–Crippen LogP) is 5.02. The summed E-state index contributed by atoms with van der Waals surface area (Å²) in [5.74, 6) is 1.26. The maximum Gasteiger partial charge on any atom is 0.123 e. The standard InChI is InChI=1S/C27H33FN4O2/c1-34-23-13-9-21(10-14-23)25-15-27(33)26(18-31(25)16-19-5-3-2-4-6-19)32-17-24(29-30-32)20-7-11-22(28)12-8-20/h7-14,17,19,25-27,33H,2-6,15-16,18H2,1H3. The summed E-state index contributed by atoms with van der Waals surface area (Å²) >= 11 is 0. The van der Waals surface area contributed by atoms with Crippen molar-refractivity contribution in [2.24, 2.45) is 5.92 Å². The molecule has 1 aromatic heterocycles. The van der Waals surface area contributed by atoms with Gasteiger partial charge in [-0.1, -0.05) is 36.6 Å². The van der Waals surface area contributed by atoms with Gasteiger partial charge in [-0.2, -0.15) is 0 Å². The van der Waals surface area contributed by atoms with Gasteiger partial charge in [0.25, 0.3) is 0 Å². The van der Waals surface area contributed by atoms with Crippen molar-refractivity contribution in [2.45, 2.75) is 56.7 Å². The lowest BCUT2D eigenvalue weighted by atomic mass is 9.85. The van der Waals surface area contributed by atoms with Gasteiger partial charge < -0.3 is 9.84 Å². The summed E-state index contributed by atoms with van der Waals surface area (Å²) < 4.78 is 20.5. The van der Waals surface area contributed by atoms with Crippen molar-refractivity contribution in [1.29, 1.82) is 0 Å². The van der Waals surface area contributed by atoms with E-state index in [1.54, 1.807) is 23.9 Å². The van der Waals surface area contributed by atoms with Crippen LogP contribution in [0.25, 0.3) is 11.3 Å². The number of benzene rings is 2. The molecule has 3 unspecified atom stereocenters. The zero-order chi connectivity index (χ0) is 23.5. The van der Waals surface area contributed by atoms with E-state index >= 15 is 0 Å². The van der Waals surface area contributed by atoms with Crippen LogP contribution in [0.2, 0.25) is 0 Å². The number of ether oxygens (including phenoxy) is 1. The van der Waals surface area contributed by atoms with E-state index in [9.17, 15) is 9.50 Å². The zero-order valence-corrected chi connectivity index (χ0v) is 19.7. The molecule has 2 fully saturated rings. The number of nitrogens with zero attached hydrogens (tertiary/aromatic N) is 4. The number of aromatic nitrogens is 3. The number of hydrogen-bond donors (Lipinski definition) is 1. The summed E-state index contributed by atoms with van der Waals surface area (Å²) in [6.07, 6.45) is 8.46. The van der Waals surface area contributed by atoms with Gasteiger partial charge in [0.2, 0.25) is 0 Å². The smallest absolute Gasteiger partial charge is 0.123 e. The third kappa shape index (κ3) is 5.00. The molecule has 180 valence electrons. The minimum atomic E-state index is -0.544. The van der Waals surface area contributed by atoms with Gasteiger partial charge in [-0.3, -0.25) is 4.90 Å². The van der Waals surface area contributed by atoms with Crippen LogP contribution in [0.1, 0.15) is 56.2 Å². The summed E-state index contributed by atoms with van der Waals surface area (Å²) in [5.41, 5.74) is 2.70. The largest absolute Gasteiger partial charge is 0.497 e. The second-order valence-corrected chi connectivity index (χ2v) is 9.71. The first-order valence-corrected chi connectivity index (χ1v) is 12.3. The number of piperidine rings is 1. The molecular weight excluding hydrogens is 431 g/mol. The topological polar surface area (TPSA) is 63.4 Å². The Bertz CT molecular complexity index is 1060. The van der Waals surface area contributed by atoms with Crippen LogP contribution in [0.3, 0.4) is 0 Å². The van der Waals surface area contributed by atoms with Gasteiger partial charge in [0, 0.05) is 24.7 Å². The molecule has 2 aliphatic rings. The minimum absolute atomic E-state index is 0.152. The highest BCUT2D eigenvalue weighted by atomic mass is 19.1. The van der Waals surface area contributed by atoms with E-state index in [1.807, 2.05) is 18.3 Å². The van der Waals surface area contributed by atoms with E-state index < -0.39 is 6.10 Å². The second kappa shape index (κ2) is 10.2. The Morgan fingerprint density at radius 1 is 1.03 bits per heavy atom. The first-order chi connectivity index (χ1) is 16.6. The van der Waals surface area contributed by atoms with E-state index in [0.29, 0.717) is 24.6 Å². The van der Waals surface area contributed by atoms with Gasteiger partial charge in [-0.15, -0.1) is 5.10 Å². The number of likely N-dealkylation sites (tertiary alicyclic amines) is 1. The highest BCUT2D eigenvalue weighted by molar-refractivity contribution is 5.57. The Labute approximate surface area is 200 Å². The van der Waals surface area contributed by atoms with Gasteiger partial charge >= 0.3 is 0 Å². The minimum Gasteiger partial charge on any atom is -0.497 e. The molecule has 6 nitrogen and oxygen atoms in total. The molecule has 1 aliphatic carbocycles. The Hall–Kier alpha value is -2.77. The number of hydrogen-bond acceptors (Lipinski definition) is 5. The second-order valence-electron chi connectivity index (χ2n) is 9.71. The molecule has 2 aromatic carbocycles. The molecule has 0 spiro atoms. The fraction of sp³-hybridized carbons (Fsp3) is 0.481. The van der Waals surface area contributed by atoms with Crippen LogP contribution in [0, 0.1) is 11.7 Å². The first-order valence-electron chi connectivity index (χ1n) is 12.3. The van der Waals surface area contributed by atoms with Gasteiger partial charge in [-0.05, 0) is 67.1 Å². The normalized spacial score (nSPS) is 24.3. The number of aliphatic hydroxyl groups excluding tert-OH is 1. The zero-order valence-electron chi connectivity index (χ0n) is 19.7. The van der Waals surface area contributed by atoms with Gasteiger partial charge in [0.1, 0.15) is 17.3 Å². The Balaban J connectivity index is 1.38. The third-order valence-electron chi connectivity index (χ3n) is 7.48. The number of rotatable bonds is 6. The molecule has 3 aromatic rings. The maximum absolute atomic E-state index is 13.3. The van der Waals surface area contributed by atoms with Gasteiger partial charge in [0.15, 0.2) is 0 Å². The number of halogens is 1. The van der Waals surface area contributed by atoms with E-state index in [4.69, 9.17) is 4.74 Å². The summed E-state index contributed by atoms with van der Waals surface area (Å²) in [6, 6.07) is 14.5. The molecule has 3 atom stereocenters. The van der Waals surface area contributed by atoms with Crippen LogP contribution in [-0.2, 0) is 0 Å². The lowest BCUT2D eigenvalue weighted by molar-refractivity contribution is -0.0154. The van der Waals surface area contributed by atoms with Crippen molar-refractivity contribution in [3.63, 3.8) is 0 Å². The van der Waals surface area contributed by atoms with Crippen LogP contribution >= 0.6 is 0 Å². The molecule has 0 radical (unpaired) electrons. The van der Waals surface area contributed by atoms with Crippen LogP contribution < -0.4 is 4.74 Å². The maximum atomic E-state index is 13.3. The molecule has 1 aliphatic heterocycles. The molecule has 1 saturated carbocycles. The lowest BCUT2D eigenvalue weighted by Crippen LogP contribution is -2.47. The first kappa shape index (κ1) is 23.0. The quantitative estimate of drug-likeness (QED) is 0.555. The Morgan fingerprint density at radius 3 is 2.47 bits per heavy atom. The molecule has 1 N–H and O–H groups in total. The predicted molar refractivity (Wildman–Crippen MR) is 129 cm³/mol. The molecule has 34 heavy (non-hydrogen) atoms. The summed E-state index contributed by atoms with van der Waals surface area (Å²) in [4.78, 5) is 2.54. The fourth-order valence-electron chi connectivity index (χ4n) is 5.55. The summed E-state index contributed by atoms with van der Waals surface area (Å²) in [6.45, 7) is 1.74. The average molecular weight is 465 g/mol. The molecular formula is C27H33FN4O2. The van der Waals surface area contributed by atoms with Crippen LogP contribution in [0.4, 0.5) is 4.39 Å². The van der Waals surface area contributed by atoms with Crippen molar-refractivity contribution in [1.82, 2.24) is 19.9 Å². The van der Waals surface area contributed by atoms with Crippen molar-refractivity contribution in [3.05, 3.63) is 66.1 Å². The van der Waals surface area contributed by atoms with Crippen molar-refractivity contribution in [2.75, 3.05) is 20.2 Å². The van der Waals surface area contributed by atoms with E-state index in [0.717, 1.165) is 17.9 Å². The number of aliphatic hydroxyl groups is 1. The van der Waals surface area contributed by atoms with Crippen LogP contribution in [-0.4, -0.2) is 51.3 Å². The molecule has 1 saturated heterocycles. The highest BCUT2D eigenvalue weighted by Gasteiger charge is 2.38. The van der Waals surface area contributed by atoms with Crippen LogP contribution in [0.5, 0.6) is 5.75 Å². The molecule has 0 bridgehead atoms. The Morgan fingerprint density at radius 2 is 1.76 bits per heavy atom. The van der Waals surface area contributed by atoms with E-state index in [1.165, 1.54) is 49.8 Å². The van der Waals surface area contributed by atoms with E-state index in [-0.39, 0.29) is 17.9 Å². The highest BCUT2D eigenvalue weighted by Crippen LogP contribution is 2.38. The molecule has 5 rings (SSSR count). The fourth-order valence-corrected chi connectivity index (χ4v) is 5.55. The number of methoxy groups -OCH3 is 1. The van der Waals surface area contributed by atoms with Crippen molar-refractivity contribution < 1.29 is 14.2 Å². The SMILES string of the molecule is COc1ccc(C2CC(O)C(n3cc(-c4ccc(F)cc4)nn3)CN2CC2CCCCC2)cc1. The van der Waals surface area contributed by atoms with Gasteiger partial charge in [-0.25, -0.2) is 9.07 Å². The van der Waals surface area contributed by atoms with Crippen molar-refractivity contribution in [3.8, 4) is 17.0 Å². The lowest BCUT2D eigenvalue weighted by Gasteiger charge is -2.44. The van der Waals surface area contributed by atoms with Crippen LogP contribution in [0.15, 0.2) is 54.7 Å².